The van der Waals surface area contributed by atoms with Crippen molar-refractivity contribution < 1.29 is 16.2 Å². The van der Waals surface area contributed by atoms with Gasteiger partial charge in [-0.1, -0.05) is 0 Å². The van der Waals surface area contributed by atoms with Crippen LogP contribution in [-0.4, -0.2) is 5.21 Å². The summed E-state index contributed by atoms with van der Waals surface area (Å²) in [6.07, 6.45) is 0. The van der Waals surface area contributed by atoms with E-state index in [0.29, 0.717) is 0 Å². The smallest absolute Gasteiger partial charge is 0.320 e. The van der Waals surface area contributed by atoms with Gasteiger partial charge in [0.1, 0.15) is 0 Å². The third kappa shape index (κ3) is 50.7. The zero-order valence-corrected chi connectivity index (χ0v) is 1.84. The molecule has 0 aromatic carbocycles. The quantitative estimate of drug-likeness (QED) is 0.357. The normalized spacial score (nSPS) is 1.50. The Morgan fingerprint density at radius 2 is 1.00 bits per heavy atom. The monoisotopic (exact) mass is 65.0 g/mol. The minimum absolute atomic E-state index is 0. The minimum Gasteiger partial charge on any atom is -0.320 e. The minimum atomic E-state index is 0. The molecule has 0 aromatic rings. The molecule has 0 saturated heterocycles. The van der Waals surface area contributed by atoms with Crippen molar-refractivity contribution in [2.75, 3.05) is 0 Å². The lowest BCUT2D eigenvalue weighted by Gasteiger charge is -1.27. The molecular formula is H3NO3+4. The van der Waals surface area contributed by atoms with E-state index < -0.39 is 0 Å². The summed E-state index contributed by atoms with van der Waals surface area (Å²) in [7, 11) is 0. The van der Waals surface area contributed by atoms with Gasteiger partial charge in [-0.2, -0.15) is 0 Å². The highest BCUT2D eigenvalue weighted by atomic mass is 16.4. The van der Waals surface area contributed by atoms with E-state index in [9.17, 15) is 0 Å². The van der Waals surface area contributed by atoms with Gasteiger partial charge in [-0.15, -0.1) is 0 Å². The first-order valence-electron chi connectivity index (χ1n) is 0.258. The molecule has 4 heavy (non-hydrogen) atoms. The Morgan fingerprint density at radius 1 is 1.00 bits per heavy atom. The van der Waals surface area contributed by atoms with Crippen LogP contribution < -0.4 is 5.90 Å². The van der Waals surface area contributed by atoms with Crippen LogP contribution in [0.15, 0.2) is 0 Å². The van der Waals surface area contributed by atoms with E-state index in [0.717, 1.165) is 0 Å². The van der Waals surface area contributed by atoms with E-state index in [1.807, 2.05) is 0 Å². The van der Waals surface area contributed by atoms with Crippen LogP contribution in [0.1, 0.15) is 0 Å². The lowest BCUT2D eigenvalue weighted by molar-refractivity contribution is 0.311. The molecule has 0 bridgehead atoms. The van der Waals surface area contributed by atoms with Crippen LogP contribution in [0.4, 0.5) is 0 Å². The molecule has 3 N–H and O–H groups in total. The fourth-order valence-electron chi connectivity index (χ4n) is 0. The van der Waals surface area contributed by atoms with Crippen molar-refractivity contribution in [1.82, 2.24) is 0 Å². The van der Waals surface area contributed by atoms with Gasteiger partial charge in [0, 0.05) is 0 Å². The SMILES string of the molecule is NO.[O+2].[O+2]. The van der Waals surface area contributed by atoms with Gasteiger partial charge in [0.15, 0.2) is 0 Å². The van der Waals surface area contributed by atoms with Gasteiger partial charge >= 0.3 is 11.0 Å². The van der Waals surface area contributed by atoms with Gasteiger partial charge < -0.3 is 5.21 Å². The number of nitrogens with two attached hydrogens (primary N) is 1. The van der Waals surface area contributed by atoms with Crippen molar-refractivity contribution in [1.29, 1.82) is 0 Å². The maximum atomic E-state index is 6.50. The maximum absolute atomic E-state index is 6.50. The molecule has 0 aliphatic rings. The predicted octanol–water partition coefficient (Wildman–Crippen LogP) is -0.903. The molecule has 8 radical (unpaired) electrons. The first-order chi connectivity index (χ1) is 1.00. The second-order valence-electron chi connectivity index (χ2n) is 0. The van der Waals surface area contributed by atoms with Crippen LogP contribution in [0.2, 0.25) is 0 Å². The first-order valence-corrected chi connectivity index (χ1v) is 0.258. The molecule has 0 amide bonds. The highest BCUT2D eigenvalue weighted by Gasteiger charge is 2.00. The Kier molecular flexibility index (Phi) is 4120. The van der Waals surface area contributed by atoms with Gasteiger partial charge in [-0.3, -0.25) is 0 Å². The summed E-state index contributed by atoms with van der Waals surface area (Å²) < 4.78 is 0. The molecule has 4 heteroatoms. The molecule has 0 aliphatic heterocycles. The fraction of sp³-hybridized carbons (Fsp3) is 0. The highest BCUT2D eigenvalue weighted by Crippen LogP contribution is 0.410. The van der Waals surface area contributed by atoms with Gasteiger partial charge in [0.05, 0.1) is 0 Å². The number of hydrogen-bond acceptors (Lipinski definition) is 2. The standard InChI is InChI=1S/H3NO.2O/c1-2;;/h2H,1H2;;/q;2*+2. The van der Waals surface area contributed by atoms with Crippen LogP contribution in [0.3, 0.4) is 0 Å². The van der Waals surface area contributed by atoms with Crippen molar-refractivity contribution in [3.63, 3.8) is 0 Å². The second-order valence-corrected chi connectivity index (χ2v) is 0. The average molecular weight is 65.0 g/mol. The largest absolute Gasteiger partial charge is 2.00 e. The van der Waals surface area contributed by atoms with E-state index in [2.05, 4.69) is 5.90 Å². The van der Waals surface area contributed by atoms with Crippen LogP contribution in [0.5, 0.6) is 0 Å². The summed E-state index contributed by atoms with van der Waals surface area (Å²) in [5.41, 5.74) is 0. The molecule has 0 fully saturated rings. The van der Waals surface area contributed by atoms with E-state index in [-0.39, 0.29) is 11.0 Å². The summed E-state index contributed by atoms with van der Waals surface area (Å²) in [4.78, 5) is 0. The molecule has 0 atom stereocenters. The van der Waals surface area contributed by atoms with Gasteiger partial charge in [0.25, 0.3) is 0 Å². The van der Waals surface area contributed by atoms with E-state index in [4.69, 9.17) is 5.21 Å². The third-order valence-electron chi connectivity index (χ3n) is 0. The van der Waals surface area contributed by atoms with Crippen LogP contribution in [0, 0.1) is 0 Å². The summed E-state index contributed by atoms with van der Waals surface area (Å²) >= 11 is 0. The molecule has 0 spiro atoms. The summed E-state index contributed by atoms with van der Waals surface area (Å²) in [5, 5.41) is 6.50. The molecule has 0 rings (SSSR count). The van der Waals surface area contributed by atoms with Crippen molar-refractivity contribution in [3.8, 4) is 0 Å². The molecular weight excluding hydrogens is 62.0 g/mol. The van der Waals surface area contributed by atoms with Crippen LogP contribution >= 0.6 is 0 Å². The lowest BCUT2D eigenvalue weighted by Crippen LogP contribution is -1.72. The fourth-order valence-corrected chi connectivity index (χ4v) is 0. The van der Waals surface area contributed by atoms with Gasteiger partial charge in [0.2, 0.25) is 0 Å². The molecule has 0 aliphatic carbocycles. The van der Waals surface area contributed by atoms with E-state index >= 15 is 0 Å². The van der Waals surface area contributed by atoms with Crippen molar-refractivity contribution in [2.45, 2.75) is 0 Å². The van der Waals surface area contributed by atoms with Gasteiger partial charge in [-0.05, 0) is 0 Å². The topological polar surface area (TPSA) is 103 Å². The maximum Gasteiger partial charge on any atom is 2.00 e. The van der Waals surface area contributed by atoms with Crippen molar-refractivity contribution in [2.24, 2.45) is 5.90 Å². The zero-order valence-electron chi connectivity index (χ0n) is 1.84. The Labute approximate surface area is 23.4 Å². The Balaban J connectivity index is -0.00000000500. The Morgan fingerprint density at radius 3 is 1.00 bits per heavy atom. The molecule has 0 aromatic heterocycles. The van der Waals surface area contributed by atoms with Crippen LogP contribution in [-0.2, 0) is 11.0 Å². The number of hydrogen-bond donors (Lipinski definition) is 2. The molecule has 0 unspecified atom stereocenters. The third-order valence-corrected chi connectivity index (χ3v) is 0. The summed E-state index contributed by atoms with van der Waals surface area (Å²) in [6.45, 7) is 0. The molecule has 22 valence electrons. The van der Waals surface area contributed by atoms with Crippen molar-refractivity contribution in [3.05, 3.63) is 0 Å². The Hall–Kier alpha value is -0.160. The highest BCUT2D eigenvalue weighted by molar-refractivity contribution is 2.77. The van der Waals surface area contributed by atoms with Crippen molar-refractivity contribution >= 4 is 0 Å². The van der Waals surface area contributed by atoms with Gasteiger partial charge in [-0.25, -0.2) is 5.90 Å². The Bertz CT molecular complexity index is 3.25. The molecule has 0 saturated carbocycles. The van der Waals surface area contributed by atoms with E-state index in [1.54, 1.807) is 0 Å². The zero-order chi connectivity index (χ0) is 2.00. The predicted molar refractivity (Wildman–Crippen MR) is 7.35 cm³/mol. The number of rotatable bonds is 0. The van der Waals surface area contributed by atoms with E-state index in [1.165, 1.54) is 0 Å². The van der Waals surface area contributed by atoms with Crippen LogP contribution in [0.25, 0.3) is 0 Å². The average Bonchev–Trinajstić information content (AvgIpc) is 1.00. The lowest BCUT2D eigenvalue weighted by atomic mass is 13.6. The molecule has 4 nitrogen and oxygen atoms in total. The molecule has 0 heterocycles. The first kappa shape index (κ1) is 43.9. The summed E-state index contributed by atoms with van der Waals surface area (Å²) in [5.74, 6) is 3.50. The second kappa shape index (κ2) is 376. The summed E-state index contributed by atoms with van der Waals surface area (Å²) in [6, 6.07) is 0.